The van der Waals surface area contributed by atoms with Gasteiger partial charge in [0.05, 0.1) is 18.2 Å². The number of nitrogens with one attached hydrogen (secondary N) is 2. The number of hydrogen-bond acceptors (Lipinski definition) is 6. The van der Waals surface area contributed by atoms with E-state index in [4.69, 9.17) is 4.74 Å². The second kappa shape index (κ2) is 5.83. The minimum atomic E-state index is 0.296. The molecule has 2 aromatic rings. The van der Waals surface area contributed by atoms with Crippen molar-refractivity contribution in [1.82, 2.24) is 19.7 Å². The van der Waals surface area contributed by atoms with Gasteiger partial charge in [-0.05, 0) is 13.8 Å². The van der Waals surface area contributed by atoms with Gasteiger partial charge in [-0.3, -0.25) is 4.68 Å². The Kier molecular flexibility index (Phi) is 4.16. The monoisotopic (exact) mass is 264 g/mol. The van der Waals surface area contributed by atoms with Gasteiger partial charge in [-0.1, -0.05) is 0 Å². The molecule has 19 heavy (non-hydrogen) atoms. The zero-order valence-electron chi connectivity index (χ0n) is 11.8. The van der Waals surface area contributed by atoms with Crippen molar-refractivity contribution < 1.29 is 4.74 Å². The molecular weight excluding hydrogens is 244 g/mol. The van der Waals surface area contributed by atoms with Crippen LogP contribution in [0.1, 0.15) is 13.8 Å². The Labute approximate surface area is 112 Å². The molecule has 0 aliphatic heterocycles. The summed E-state index contributed by atoms with van der Waals surface area (Å²) < 4.78 is 6.74. The van der Waals surface area contributed by atoms with Gasteiger partial charge >= 0.3 is 0 Å². The third kappa shape index (κ3) is 3.11. The topological polar surface area (TPSA) is 76.9 Å². The van der Waals surface area contributed by atoms with E-state index in [2.05, 4.69) is 39.5 Å². The van der Waals surface area contributed by atoms with Crippen LogP contribution in [0.3, 0.4) is 0 Å². The van der Waals surface area contributed by atoms with Crippen molar-refractivity contribution in [2.75, 3.05) is 30.9 Å². The molecule has 0 aliphatic rings. The average Bonchev–Trinajstić information content (AvgIpc) is 2.71. The van der Waals surface area contributed by atoms with Gasteiger partial charge in [0.15, 0.2) is 5.65 Å². The summed E-state index contributed by atoms with van der Waals surface area (Å²) in [5, 5.41) is 11.6. The van der Waals surface area contributed by atoms with E-state index in [1.807, 2.05) is 7.05 Å². The lowest BCUT2D eigenvalue weighted by Crippen LogP contribution is -2.15. The molecule has 7 nitrogen and oxygen atoms in total. The molecule has 0 fully saturated rings. The summed E-state index contributed by atoms with van der Waals surface area (Å²) in [5.41, 5.74) is 0.804. The Hall–Kier alpha value is -1.89. The number of anilines is 2. The third-order valence-corrected chi connectivity index (χ3v) is 2.61. The van der Waals surface area contributed by atoms with E-state index in [1.54, 1.807) is 18.0 Å². The normalized spacial score (nSPS) is 11.2. The number of hydrogen-bond donors (Lipinski definition) is 2. The van der Waals surface area contributed by atoms with Gasteiger partial charge in [0.25, 0.3) is 0 Å². The molecule has 0 unspecified atom stereocenters. The van der Waals surface area contributed by atoms with E-state index in [0.717, 1.165) is 16.9 Å². The van der Waals surface area contributed by atoms with Crippen LogP contribution in [0.25, 0.3) is 11.0 Å². The van der Waals surface area contributed by atoms with Crippen molar-refractivity contribution >= 4 is 22.8 Å². The predicted molar refractivity (Wildman–Crippen MR) is 75.4 cm³/mol. The molecule has 2 aromatic heterocycles. The summed E-state index contributed by atoms with van der Waals surface area (Å²) in [5.74, 6) is 1.38. The molecular formula is C12H20N6O. The molecule has 0 saturated carbocycles. The standard InChI is InChI=1S/C12H20N6O/c1-8(2)15-10-9-7-14-18(3)11(9)17-12(16-10)13-5-6-19-4/h7-8H,5-6H2,1-4H3,(H2,13,15,16,17). The first-order chi connectivity index (χ1) is 9.11. The summed E-state index contributed by atoms with van der Waals surface area (Å²) >= 11 is 0. The first kappa shape index (κ1) is 13.5. The smallest absolute Gasteiger partial charge is 0.226 e. The molecule has 0 aliphatic carbocycles. The van der Waals surface area contributed by atoms with E-state index >= 15 is 0 Å². The fraction of sp³-hybridized carbons (Fsp3) is 0.583. The lowest BCUT2D eigenvalue weighted by molar-refractivity contribution is 0.210. The van der Waals surface area contributed by atoms with Gasteiger partial charge in [0.2, 0.25) is 5.95 Å². The van der Waals surface area contributed by atoms with E-state index in [9.17, 15) is 0 Å². The number of aromatic nitrogens is 4. The predicted octanol–water partition coefficient (Wildman–Crippen LogP) is 1.24. The number of nitrogens with zero attached hydrogens (tertiary/aromatic N) is 4. The van der Waals surface area contributed by atoms with Gasteiger partial charge < -0.3 is 15.4 Å². The van der Waals surface area contributed by atoms with Crippen molar-refractivity contribution in [3.63, 3.8) is 0 Å². The third-order valence-electron chi connectivity index (χ3n) is 2.61. The summed E-state index contributed by atoms with van der Waals surface area (Å²) in [6.45, 7) is 5.42. The minimum Gasteiger partial charge on any atom is -0.383 e. The molecule has 2 rings (SSSR count). The van der Waals surface area contributed by atoms with Gasteiger partial charge in [-0.2, -0.15) is 15.1 Å². The van der Waals surface area contributed by atoms with Gasteiger partial charge in [0.1, 0.15) is 5.82 Å². The van der Waals surface area contributed by atoms with E-state index < -0.39 is 0 Å². The van der Waals surface area contributed by atoms with E-state index in [-0.39, 0.29) is 0 Å². The molecule has 0 amide bonds. The van der Waals surface area contributed by atoms with Crippen LogP contribution in [0.4, 0.5) is 11.8 Å². The average molecular weight is 264 g/mol. The van der Waals surface area contributed by atoms with Crippen molar-refractivity contribution in [3.8, 4) is 0 Å². The first-order valence-corrected chi connectivity index (χ1v) is 6.31. The number of aryl methyl sites for hydroxylation is 1. The Bertz CT molecular complexity index is 550. The van der Waals surface area contributed by atoms with Crippen molar-refractivity contribution in [2.45, 2.75) is 19.9 Å². The van der Waals surface area contributed by atoms with Crippen molar-refractivity contribution in [3.05, 3.63) is 6.20 Å². The molecule has 2 N–H and O–H groups in total. The molecule has 104 valence electrons. The fourth-order valence-electron chi connectivity index (χ4n) is 1.75. The lowest BCUT2D eigenvalue weighted by Gasteiger charge is -2.12. The van der Waals surface area contributed by atoms with Gasteiger partial charge in [-0.15, -0.1) is 0 Å². The zero-order chi connectivity index (χ0) is 13.8. The lowest BCUT2D eigenvalue weighted by atomic mass is 10.3. The molecule has 7 heteroatoms. The molecule has 0 spiro atoms. The maximum atomic E-state index is 5.00. The minimum absolute atomic E-state index is 0.296. The Balaban J connectivity index is 2.34. The van der Waals surface area contributed by atoms with Crippen LogP contribution in [0.15, 0.2) is 6.20 Å². The van der Waals surface area contributed by atoms with Crippen LogP contribution in [0.2, 0.25) is 0 Å². The van der Waals surface area contributed by atoms with Crippen LogP contribution in [0.5, 0.6) is 0 Å². The largest absolute Gasteiger partial charge is 0.383 e. The number of rotatable bonds is 6. The maximum Gasteiger partial charge on any atom is 0.226 e. The molecule has 2 heterocycles. The summed E-state index contributed by atoms with van der Waals surface area (Å²) in [4.78, 5) is 8.94. The number of ether oxygens (including phenoxy) is 1. The highest BCUT2D eigenvalue weighted by Gasteiger charge is 2.11. The van der Waals surface area contributed by atoms with Crippen LogP contribution < -0.4 is 10.6 Å². The zero-order valence-corrected chi connectivity index (χ0v) is 11.8. The van der Waals surface area contributed by atoms with Gasteiger partial charge in [0, 0.05) is 26.7 Å². The van der Waals surface area contributed by atoms with Gasteiger partial charge in [-0.25, -0.2) is 0 Å². The maximum absolute atomic E-state index is 5.00. The summed E-state index contributed by atoms with van der Waals surface area (Å²) in [7, 11) is 3.53. The second-order valence-corrected chi connectivity index (χ2v) is 4.62. The fourth-order valence-corrected chi connectivity index (χ4v) is 1.75. The molecule has 0 atom stereocenters. The quantitative estimate of drug-likeness (QED) is 0.764. The number of methoxy groups -OCH3 is 1. The summed E-state index contributed by atoms with van der Waals surface area (Å²) in [6, 6.07) is 0.296. The number of fused-ring (bicyclic) bond motifs is 1. The van der Waals surface area contributed by atoms with Crippen LogP contribution >= 0.6 is 0 Å². The summed E-state index contributed by atoms with van der Waals surface area (Å²) in [6.07, 6.45) is 1.78. The molecule has 0 saturated heterocycles. The van der Waals surface area contributed by atoms with Crippen molar-refractivity contribution in [1.29, 1.82) is 0 Å². The molecule has 0 radical (unpaired) electrons. The van der Waals surface area contributed by atoms with Crippen LogP contribution in [-0.2, 0) is 11.8 Å². The highest BCUT2D eigenvalue weighted by atomic mass is 16.5. The van der Waals surface area contributed by atoms with Crippen molar-refractivity contribution in [2.24, 2.45) is 7.05 Å². The Morgan fingerprint density at radius 3 is 2.84 bits per heavy atom. The molecule has 0 aromatic carbocycles. The first-order valence-electron chi connectivity index (χ1n) is 6.31. The van der Waals surface area contributed by atoms with E-state index in [0.29, 0.717) is 25.1 Å². The van der Waals surface area contributed by atoms with Crippen LogP contribution in [0, 0.1) is 0 Å². The van der Waals surface area contributed by atoms with Crippen LogP contribution in [-0.4, -0.2) is 46.1 Å². The SMILES string of the molecule is COCCNc1nc(NC(C)C)c2cnn(C)c2n1. The second-order valence-electron chi connectivity index (χ2n) is 4.62. The highest BCUT2D eigenvalue weighted by Crippen LogP contribution is 2.21. The molecule has 0 bridgehead atoms. The Morgan fingerprint density at radius 1 is 1.37 bits per heavy atom. The highest BCUT2D eigenvalue weighted by molar-refractivity contribution is 5.87. The van der Waals surface area contributed by atoms with E-state index in [1.165, 1.54) is 0 Å². The Morgan fingerprint density at radius 2 is 2.16 bits per heavy atom.